The number of hydrogen-bond acceptors (Lipinski definition) is 8. The zero-order valence-corrected chi connectivity index (χ0v) is 23.9. The van der Waals surface area contributed by atoms with Crippen molar-refractivity contribution in [2.45, 2.75) is 38.0 Å². The minimum atomic E-state index is -3.80. The first-order valence-electron chi connectivity index (χ1n) is 12.7. The van der Waals surface area contributed by atoms with Crippen molar-refractivity contribution < 1.29 is 17.9 Å². The van der Waals surface area contributed by atoms with E-state index in [-0.39, 0.29) is 23.8 Å². The smallest absolute Gasteiger partial charge is 0.243 e. The van der Waals surface area contributed by atoms with Gasteiger partial charge in [0.05, 0.1) is 29.5 Å². The number of nitrogens with one attached hydrogen (secondary N) is 1. The van der Waals surface area contributed by atoms with Gasteiger partial charge in [-0.15, -0.1) is 0 Å². The molecular formula is C27H38N6O4S. The number of piperidine rings is 1. The number of sulfonamides is 1. The number of pyridine rings is 1. The van der Waals surface area contributed by atoms with E-state index in [1.165, 1.54) is 18.5 Å². The van der Waals surface area contributed by atoms with E-state index in [9.17, 15) is 18.5 Å². The van der Waals surface area contributed by atoms with E-state index in [0.29, 0.717) is 39.9 Å². The van der Waals surface area contributed by atoms with Gasteiger partial charge in [0.25, 0.3) is 0 Å². The molecule has 206 valence electrons. The molecule has 1 fully saturated rings. The summed E-state index contributed by atoms with van der Waals surface area (Å²) in [6, 6.07) is 7.17. The van der Waals surface area contributed by atoms with Crippen LogP contribution in [0, 0.1) is 31.1 Å². The Morgan fingerprint density at radius 2 is 1.82 bits per heavy atom. The number of nitrogens with zero attached hydrogens (tertiary/aromatic N) is 5. The first-order chi connectivity index (χ1) is 18.0. The van der Waals surface area contributed by atoms with Gasteiger partial charge in [0, 0.05) is 39.6 Å². The second kappa shape index (κ2) is 12.6. The average molecular weight is 543 g/mol. The zero-order chi connectivity index (χ0) is 28.0. The van der Waals surface area contributed by atoms with E-state index >= 15 is 0 Å². The maximum atomic E-state index is 13.2. The van der Waals surface area contributed by atoms with Gasteiger partial charge in [-0.1, -0.05) is 0 Å². The molecule has 1 saturated heterocycles. The molecule has 1 N–H and O–H groups in total. The van der Waals surface area contributed by atoms with Crippen LogP contribution in [0.5, 0.6) is 5.75 Å². The van der Waals surface area contributed by atoms with Gasteiger partial charge in [0.15, 0.2) is 0 Å². The van der Waals surface area contributed by atoms with Crippen molar-refractivity contribution in [3.63, 3.8) is 0 Å². The number of hydrogen-bond donors (Lipinski definition) is 1. The molecule has 0 bridgehead atoms. The number of anilines is 2. The van der Waals surface area contributed by atoms with Crippen molar-refractivity contribution >= 4 is 27.4 Å². The number of carbonyl (C=O) groups is 1. The summed E-state index contributed by atoms with van der Waals surface area (Å²) in [5, 5.41) is 12.5. The van der Waals surface area contributed by atoms with Crippen LogP contribution in [0.3, 0.4) is 0 Å². The molecule has 1 amide bonds. The molecule has 0 saturated carbocycles. The summed E-state index contributed by atoms with van der Waals surface area (Å²) >= 11 is 0. The van der Waals surface area contributed by atoms with E-state index in [0.717, 1.165) is 32.5 Å². The van der Waals surface area contributed by atoms with Crippen molar-refractivity contribution in [3.05, 3.63) is 41.1 Å². The molecule has 11 heteroatoms. The lowest BCUT2D eigenvalue weighted by Gasteiger charge is -2.34. The summed E-state index contributed by atoms with van der Waals surface area (Å²) in [6.45, 7) is 6.15. The lowest BCUT2D eigenvalue weighted by molar-refractivity contribution is -0.116. The van der Waals surface area contributed by atoms with Crippen LogP contribution in [0.15, 0.2) is 29.3 Å². The Kier molecular flexibility index (Phi) is 9.71. The predicted molar refractivity (Wildman–Crippen MR) is 148 cm³/mol. The quantitative estimate of drug-likeness (QED) is 0.487. The van der Waals surface area contributed by atoms with Crippen molar-refractivity contribution in [2.75, 3.05) is 64.6 Å². The second-order valence-electron chi connectivity index (χ2n) is 10.1. The van der Waals surface area contributed by atoms with Gasteiger partial charge in [-0.25, -0.2) is 17.7 Å². The molecular weight excluding hydrogens is 504 g/mol. The molecule has 1 aromatic carbocycles. The molecule has 2 heterocycles. The summed E-state index contributed by atoms with van der Waals surface area (Å²) in [7, 11) is 3.35. The van der Waals surface area contributed by atoms with Crippen LogP contribution >= 0.6 is 0 Å². The number of ether oxygens (including phenoxy) is 1. The van der Waals surface area contributed by atoms with Gasteiger partial charge in [-0.3, -0.25) is 4.79 Å². The molecule has 1 aliphatic heterocycles. The molecule has 3 rings (SSSR count). The molecule has 1 aromatic heterocycles. The lowest BCUT2D eigenvalue weighted by Crippen LogP contribution is -2.37. The number of nitriles is 1. The molecule has 0 unspecified atom stereocenters. The summed E-state index contributed by atoms with van der Waals surface area (Å²) in [5.74, 6) is 1.49. The Morgan fingerprint density at radius 3 is 2.37 bits per heavy atom. The molecule has 0 atom stereocenters. The third-order valence-electron chi connectivity index (χ3n) is 6.80. The minimum absolute atomic E-state index is 0.00239. The summed E-state index contributed by atoms with van der Waals surface area (Å²) < 4.78 is 32.8. The van der Waals surface area contributed by atoms with Crippen molar-refractivity contribution in [3.8, 4) is 11.8 Å². The third kappa shape index (κ3) is 7.01. The number of aromatic nitrogens is 1. The maximum Gasteiger partial charge on any atom is 0.243 e. The Balaban J connectivity index is 1.61. The monoisotopic (exact) mass is 542 g/mol. The van der Waals surface area contributed by atoms with Crippen molar-refractivity contribution in [1.29, 1.82) is 5.26 Å². The van der Waals surface area contributed by atoms with Gasteiger partial charge in [0.1, 0.15) is 17.6 Å². The highest BCUT2D eigenvalue weighted by Gasteiger charge is 2.26. The Morgan fingerprint density at radius 1 is 1.18 bits per heavy atom. The Hall–Kier alpha value is -3.20. The highest BCUT2D eigenvalue weighted by Crippen LogP contribution is 2.28. The second-order valence-corrected chi connectivity index (χ2v) is 12.1. The molecule has 10 nitrogen and oxygen atoms in total. The largest absolute Gasteiger partial charge is 0.497 e. The normalized spacial score (nSPS) is 14.6. The fraction of sp³-hybridized carbons (Fsp3) is 0.519. The number of methoxy groups -OCH3 is 1. The number of benzene rings is 1. The third-order valence-corrected chi connectivity index (χ3v) is 8.96. The van der Waals surface area contributed by atoms with Gasteiger partial charge in [-0.05, 0) is 76.0 Å². The Bertz CT molecular complexity index is 1270. The number of aryl methyl sites for hydroxylation is 2. The van der Waals surface area contributed by atoms with Crippen LogP contribution < -0.4 is 15.0 Å². The van der Waals surface area contributed by atoms with Gasteiger partial charge in [0.2, 0.25) is 15.9 Å². The number of rotatable bonds is 10. The Labute approximate surface area is 226 Å². The van der Waals surface area contributed by atoms with Crippen LogP contribution in [0.25, 0.3) is 0 Å². The maximum absolute atomic E-state index is 13.2. The van der Waals surface area contributed by atoms with Gasteiger partial charge < -0.3 is 19.9 Å². The highest BCUT2D eigenvalue weighted by atomic mass is 32.2. The van der Waals surface area contributed by atoms with Gasteiger partial charge in [-0.2, -0.15) is 5.26 Å². The van der Waals surface area contributed by atoms with E-state index < -0.39 is 10.0 Å². The average Bonchev–Trinajstić information content (AvgIpc) is 2.86. The van der Waals surface area contributed by atoms with Gasteiger partial charge >= 0.3 is 0 Å². The van der Waals surface area contributed by atoms with E-state index in [1.54, 1.807) is 38.2 Å². The van der Waals surface area contributed by atoms with Crippen LogP contribution in [0.1, 0.15) is 36.0 Å². The first-order valence-corrected chi connectivity index (χ1v) is 14.1. The standard InChI is InChI=1S/C27H38N6O4S/c1-19-13-24(37-6)14-20(2)26(19)38(35,36)32(5)10-9-25(34)30-23-15-22(16-28)27(29-17-23)33-11-7-21(8-12-33)18-31(3)4/h13-15,17,21H,7-12,18H2,1-6H3,(H,30,34). The molecule has 0 spiro atoms. The van der Waals surface area contributed by atoms with E-state index in [2.05, 4.69) is 40.3 Å². The van der Waals surface area contributed by atoms with Crippen LogP contribution in [0.4, 0.5) is 11.5 Å². The summed E-state index contributed by atoms with van der Waals surface area (Å²) in [6.07, 6.45) is 3.57. The van der Waals surface area contributed by atoms with Crippen molar-refractivity contribution in [1.82, 2.24) is 14.2 Å². The topological polar surface area (TPSA) is 119 Å². The summed E-state index contributed by atoms with van der Waals surface area (Å²) in [5.41, 5.74) is 1.97. The number of amides is 1. The lowest BCUT2D eigenvalue weighted by atomic mass is 9.96. The fourth-order valence-corrected chi connectivity index (χ4v) is 6.47. The van der Waals surface area contributed by atoms with E-state index in [4.69, 9.17) is 4.74 Å². The first kappa shape index (κ1) is 29.4. The molecule has 2 aromatic rings. The molecule has 1 aliphatic rings. The summed E-state index contributed by atoms with van der Waals surface area (Å²) in [4.78, 5) is 21.7. The number of carbonyl (C=O) groups excluding carboxylic acids is 1. The highest BCUT2D eigenvalue weighted by molar-refractivity contribution is 7.89. The van der Waals surface area contributed by atoms with Crippen LogP contribution in [-0.2, 0) is 14.8 Å². The fourth-order valence-electron chi connectivity index (χ4n) is 4.90. The molecule has 0 radical (unpaired) electrons. The molecule has 0 aliphatic carbocycles. The molecule has 38 heavy (non-hydrogen) atoms. The zero-order valence-electron chi connectivity index (χ0n) is 23.1. The van der Waals surface area contributed by atoms with Crippen LogP contribution in [-0.4, -0.2) is 82.9 Å². The SMILES string of the molecule is COc1cc(C)c(S(=O)(=O)N(C)CCC(=O)Nc2cnc(N3CCC(CN(C)C)CC3)c(C#N)c2)c(C)c1. The van der Waals surface area contributed by atoms with Crippen LogP contribution in [0.2, 0.25) is 0 Å². The van der Waals surface area contributed by atoms with E-state index in [1.807, 2.05) is 0 Å². The van der Waals surface area contributed by atoms with Crippen molar-refractivity contribution in [2.24, 2.45) is 5.92 Å². The minimum Gasteiger partial charge on any atom is -0.497 e. The predicted octanol–water partition coefficient (Wildman–Crippen LogP) is 3.01.